The summed E-state index contributed by atoms with van der Waals surface area (Å²) in [7, 11) is 4.21. The number of aromatic nitrogens is 3. The summed E-state index contributed by atoms with van der Waals surface area (Å²) >= 11 is 0. The summed E-state index contributed by atoms with van der Waals surface area (Å²) in [5, 5.41) is 3.97. The molecule has 0 amide bonds. The zero-order chi connectivity index (χ0) is 23.9. The third-order valence-electron chi connectivity index (χ3n) is 6.43. The number of rotatable bonds is 5. The Morgan fingerprint density at radius 2 is 1.79 bits per heavy atom. The summed E-state index contributed by atoms with van der Waals surface area (Å²) in [6, 6.07) is 3.96. The second-order valence-electron chi connectivity index (χ2n) is 9.27. The van der Waals surface area contributed by atoms with Gasteiger partial charge >= 0.3 is 0 Å². The first-order chi connectivity index (χ1) is 15.7. The number of nitrogens with zero attached hydrogens (tertiary/aromatic N) is 4. The molecule has 0 bridgehead atoms. The number of pyridine rings is 1. The Kier molecular flexibility index (Phi) is 6.34. The predicted octanol–water partition coefficient (Wildman–Crippen LogP) is 4.18. The highest BCUT2D eigenvalue weighted by Crippen LogP contribution is 2.28. The third kappa shape index (κ3) is 4.55. The molecule has 2 aromatic heterocycles. The van der Waals surface area contributed by atoms with Crippen molar-refractivity contribution >= 4 is 22.7 Å². The van der Waals surface area contributed by atoms with Crippen LogP contribution in [-0.4, -0.2) is 45.6 Å². The van der Waals surface area contributed by atoms with Crippen LogP contribution < -0.4 is 16.6 Å². The van der Waals surface area contributed by atoms with Crippen LogP contribution in [0.3, 0.4) is 0 Å². The van der Waals surface area contributed by atoms with Crippen molar-refractivity contribution in [1.29, 1.82) is 0 Å². The minimum Gasteiger partial charge on any atom is -0.396 e. The Morgan fingerprint density at radius 1 is 1.09 bits per heavy atom. The van der Waals surface area contributed by atoms with Gasteiger partial charge in [-0.3, -0.25) is 9.36 Å². The minimum absolute atomic E-state index is 0.0407. The molecule has 0 aliphatic heterocycles. The quantitative estimate of drug-likeness (QED) is 0.560. The predicted molar refractivity (Wildman–Crippen MR) is 127 cm³/mol. The molecule has 1 fully saturated rings. The Hall–Kier alpha value is -3.07. The monoisotopic (exact) mass is 456 g/mol. The largest absolute Gasteiger partial charge is 0.396 e. The normalized spacial score (nSPS) is 18.9. The van der Waals surface area contributed by atoms with Crippen molar-refractivity contribution in [3.8, 4) is 11.1 Å². The molecule has 176 valence electrons. The van der Waals surface area contributed by atoms with E-state index in [1.54, 1.807) is 6.20 Å². The molecule has 1 aromatic carbocycles. The van der Waals surface area contributed by atoms with Gasteiger partial charge in [0.15, 0.2) is 0 Å². The van der Waals surface area contributed by atoms with E-state index in [-0.39, 0.29) is 28.9 Å². The third-order valence-corrected chi connectivity index (χ3v) is 6.43. The second kappa shape index (κ2) is 9.05. The highest BCUT2D eigenvalue weighted by Gasteiger charge is 2.24. The van der Waals surface area contributed by atoms with Crippen molar-refractivity contribution in [2.24, 2.45) is 0 Å². The maximum absolute atomic E-state index is 14.6. The summed E-state index contributed by atoms with van der Waals surface area (Å²) in [4.78, 5) is 24.7. The Bertz CT molecular complexity index is 1230. The van der Waals surface area contributed by atoms with Crippen molar-refractivity contribution in [3.63, 3.8) is 0 Å². The van der Waals surface area contributed by atoms with E-state index in [0.717, 1.165) is 37.8 Å². The smallest absolute Gasteiger partial charge is 0.260 e. The van der Waals surface area contributed by atoms with Crippen LogP contribution in [0, 0.1) is 11.6 Å². The first-order valence-corrected chi connectivity index (χ1v) is 11.3. The summed E-state index contributed by atoms with van der Waals surface area (Å²) in [6.45, 7) is 3.70. The van der Waals surface area contributed by atoms with Crippen molar-refractivity contribution in [1.82, 2.24) is 19.4 Å². The number of hydrogen-bond donors (Lipinski definition) is 2. The summed E-state index contributed by atoms with van der Waals surface area (Å²) in [5.41, 5.74) is 5.07. The number of fused-ring (bicyclic) bond motifs is 1. The average molecular weight is 457 g/mol. The van der Waals surface area contributed by atoms with Gasteiger partial charge in [-0.2, -0.15) is 4.98 Å². The van der Waals surface area contributed by atoms with Gasteiger partial charge < -0.3 is 16.0 Å². The van der Waals surface area contributed by atoms with Gasteiger partial charge in [-0.15, -0.1) is 0 Å². The van der Waals surface area contributed by atoms with E-state index in [1.165, 1.54) is 10.6 Å². The van der Waals surface area contributed by atoms with Crippen LogP contribution in [0.15, 0.2) is 29.2 Å². The van der Waals surface area contributed by atoms with Crippen LogP contribution in [-0.2, 0) is 0 Å². The summed E-state index contributed by atoms with van der Waals surface area (Å²) in [5.74, 6) is -1.07. The van der Waals surface area contributed by atoms with E-state index in [9.17, 15) is 13.6 Å². The van der Waals surface area contributed by atoms with Crippen molar-refractivity contribution in [2.75, 3.05) is 25.1 Å². The van der Waals surface area contributed by atoms with E-state index in [4.69, 9.17) is 5.73 Å². The van der Waals surface area contributed by atoms with Gasteiger partial charge in [0.05, 0.1) is 11.3 Å². The van der Waals surface area contributed by atoms with Crippen molar-refractivity contribution < 1.29 is 8.78 Å². The van der Waals surface area contributed by atoms with E-state index < -0.39 is 17.2 Å². The number of benzene rings is 1. The lowest BCUT2D eigenvalue weighted by molar-refractivity contribution is 0.221. The Balaban J connectivity index is 1.73. The van der Waals surface area contributed by atoms with Crippen LogP contribution in [0.4, 0.5) is 20.4 Å². The number of nitrogen functional groups attached to an aromatic ring is 1. The maximum Gasteiger partial charge on any atom is 0.260 e. The number of anilines is 2. The van der Waals surface area contributed by atoms with Crippen molar-refractivity contribution in [2.45, 2.75) is 57.7 Å². The molecular weight excluding hydrogens is 426 g/mol. The Labute approximate surface area is 191 Å². The number of hydrogen-bond acceptors (Lipinski definition) is 6. The van der Waals surface area contributed by atoms with Crippen LogP contribution >= 0.6 is 0 Å². The zero-order valence-corrected chi connectivity index (χ0v) is 19.4. The molecule has 0 unspecified atom stereocenters. The topological polar surface area (TPSA) is 89.1 Å². The van der Waals surface area contributed by atoms with Gasteiger partial charge in [0.2, 0.25) is 5.95 Å². The lowest BCUT2D eigenvalue weighted by atomic mass is 9.91. The lowest BCUT2D eigenvalue weighted by Gasteiger charge is -2.33. The molecule has 33 heavy (non-hydrogen) atoms. The molecule has 9 heteroatoms. The summed E-state index contributed by atoms with van der Waals surface area (Å²) in [6.07, 6.45) is 5.85. The fourth-order valence-electron chi connectivity index (χ4n) is 4.55. The summed E-state index contributed by atoms with van der Waals surface area (Å²) < 4.78 is 30.1. The SMILES string of the molecule is CC(C)n1c(=O)c(-c2cc(F)c(N)cc2F)cc2cnc(NC3CCC(N(C)C)CC3)nc21. The van der Waals surface area contributed by atoms with Crippen molar-refractivity contribution in [3.05, 3.63) is 46.4 Å². The molecule has 0 atom stereocenters. The van der Waals surface area contributed by atoms with Gasteiger partial charge in [0.1, 0.15) is 17.3 Å². The van der Waals surface area contributed by atoms with Gasteiger partial charge in [-0.05, 0) is 65.8 Å². The highest BCUT2D eigenvalue weighted by molar-refractivity contribution is 5.82. The molecule has 4 rings (SSSR count). The first kappa shape index (κ1) is 23.1. The van der Waals surface area contributed by atoms with Crippen LogP contribution in [0.25, 0.3) is 22.2 Å². The highest BCUT2D eigenvalue weighted by atomic mass is 19.1. The first-order valence-electron chi connectivity index (χ1n) is 11.3. The van der Waals surface area contributed by atoms with Gasteiger partial charge in [0, 0.05) is 41.3 Å². The molecule has 2 heterocycles. The molecule has 1 saturated carbocycles. The minimum atomic E-state index is -0.776. The van der Waals surface area contributed by atoms with Gasteiger partial charge in [-0.1, -0.05) is 0 Å². The second-order valence-corrected chi connectivity index (χ2v) is 9.27. The molecule has 0 saturated heterocycles. The Morgan fingerprint density at radius 3 is 2.42 bits per heavy atom. The van der Waals surface area contributed by atoms with E-state index in [1.807, 2.05) is 13.8 Å². The van der Waals surface area contributed by atoms with Crippen LogP contribution in [0.1, 0.15) is 45.6 Å². The molecule has 0 radical (unpaired) electrons. The van der Waals surface area contributed by atoms with E-state index in [2.05, 4.69) is 34.3 Å². The number of nitrogens with two attached hydrogens (primary N) is 1. The molecule has 3 N–H and O–H groups in total. The van der Waals surface area contributed by atoms with Gasteiger partial charge in [0.25, 0.3) is 5.56 Å². The number of nitrogens with one attached hydrogen (secondary N) is 1. The maximum atomic E-state index is 14.6. The standard InChI is InChI=1S/C24H30F2N6O/c1-13(2)32-22-14(9-18(23(32)33)17-10-20(26)21(27)11-19(17)25)12-28-24(30-22)29-15-5-7-16(8-6-15)31(3)4/h9-13,15-16H,5-8,27H2,1-4H3,(H,28,29,30). The fraction of sp³-hybridized carbons (Fsp3) is 0.458. The lowest BCUT2D eigenvalue weighted by Crippen LogP contribution is -2.36. The number of halogens is 2. The van der Waals surface area contributed by atoms with Crippen LogP contribution in [0.2, 0.25) is 0 Å². The van der Waals surface area contributed by atoms with E-state index >= 15 is 0 Å². The molecule has 0 spiro atoms. The van der Waals surface area contributed by atoms with E-state index in [0.29, 0.717) is 23.0 Å². The zero-order valence-electron chi connectivity index (χ0n) is 19.4. The average Bonchev–Trinajstić information content (AvgIpc) is 2.76. The molecular formula is C24H30F2N6O. The van der Waals surface area contributed by atoms with Crippen LogP contribution in [0.5, 0.6) is 0 Å². The van der Waals surface area contributed by atoms with Gasteiger partial charge in [-0.25, -0.2) is 13.8 Å². The molecule has 1 aliphatic rings. The fourth-order valence-corrected chi connectivity index (χ4v) is 4.55. The molecule has 7 nitrogen and oxygen atoms in total. The molecule has 3 aromatic rings. The molecule has 1 aliphatic carbocycles.